The number of Topliss-reactive ketones (excluding diaryl/α,β-unsaturated/α-hetero) is 1. The maximum atomic E-state index is 15.0. The van der Waals surface area contributed by atoms with Crippen molar-refractivity contribution in [3.05, 3.63) is 99.3 Å². The van der Waals surface area contributed by atoms with Crippen molar-refractivity contribution in [2.75, 3.05) is 12.0 Å². The van der Waals surface area contributed by atoms with Gasteiger partial charge in [0.1, 0.15) is 17.3 Å². The Hall–Kier alpha value is -3.64. The molecule has 7 heteroatoms. The summed E-state index contributed by atoms with van der Waals surface area (Å²) >= 11 is 6.30. The molecule has 3 aromatic rings. The number of ether oxygens (including phenoxy) is 1. The van der Waals surface area contributed by atoms with Crippen molar-refractivity contribution in [2.24, 2.45) is 0 Å². The highest BCUT2D eigenvalue weighted by molar-refractivity contribution is 6.51. The first-order chi connectivity index (χ1) is 16.9. The summed E-state index contributed by atoms with van der Waals surface area (Å²) in [6, 6.07) is 14.9. The van der Waals surface area contributed by atoms with E-state index in [9.17, 15) is 14.7 Å². The molecule has 1 N–H and O–H groups in total. The smallest absolute Gasteiger partial charge is 0.300 e. The molecule has 0 saturated carbocycles. The van der Waals surface area contributed by atoms with Gasteiger partial charge in [0.15, 0.2) is 0 Å². The lowest BCUT2D eigenvalue weighted by atomic mass is 9.88. The molecule has 35 heavy (non-hydrogen) atoms. The van der Waals surface area contributed by atoms with Crippen molar-refractivity contribution in [1.82, 2.24) is 0 Å². The van der Waals surface area contributed by atoms with Crippen LogP contribution in [0.15, 0.2) is 66.2 Å². The molecule has 1 aliphatic heterocycles. The fraction of sp³-hybridized carbons (Fsp3) is 0.214. The van der Waals surface area contributed by atoms with E-state index < -0.39 is 23.5 Å². The zero-order valence-corrected chi connectivity index (χ0v) is 19.8. The van der Waals surface area contributed by atoms with Crippen LogP contribution in [0.5, 0.6) is 5.75 Å². The molecule has 1 heterocycles. The zero-order valence-electron chi connectivity index (χ0n) is 19.1. The second kappa shape index (κ2) is 9.19. The molecular formula is C28H23ClFNO4. The lowest BCUT2D eigenvalue weighted by Gasteiger charge is -2.26. The van der Waals surface area contributed by atoms with E-state index in [1.807, 2.05) is 12.1 Å². The Balaban J connectivity index is 1.71. The third-order valence-electron chi connectivity index (χ3n) is 6.68. The Morgan fingerprint density at radius 2 is 1.77 bits per heavy atom. The van der Waals surface area contributed by atoms with Gasteiger partial charge in [0.25, 0.3) is 11.7 Å². The number of carbonyl (C=O) groups excluding carboxylic acids is 2. The van der Waals surface area contributed by atoms with Gasteiger partial charge in [0.2, 0.25) is 0 Å². The molecule has 5 nitrogen and oxygen atoms in total. The Morgan fingerprint density at radius 1 is 1.03 bits per heavy atom. The van der Waals surface area contributed by atoms with E-state index >= 15 is 4.39 Å². The Labute approximate surface area is 207 Å². The van der Waals surface area contributed by atoms with Crippen LogP contribution in [0.4, 0.5) is 10.1 Å². The molecular weight excluding hydrogens is 469 g/mol. The van der Waals surface area contributed by atoms with Crippen molar-refractivity contribution in [3.63, 3.8) is 0 Å². The second-order valence-electron chi connectivity index (χ2n) is 8.70. The normalized spacial score (nSPS) is 19.1. The molecule has 1 atom stereocenters. The van der Waals surface area contributed by atoms with Crippen molar-refractivity contribution in [2.45, 2.75) is 31.7 Å². The first kappa shape index (κ1) is 23.1. The quantitative estimate of drug-likeness (QED) is 0.276. The number of anilines is 1. The summed E-state index contributed by atoms with van der Waals surface area (Å²) in [4.78, 5) is 27.8. The molecule has 1 saturated heterocycles. The van der Waals surface area contributed by atoms with Crippen LogP contribution in [0.3, 0.4) is 0 Å². The molecule has 0 spiro atoms. The van der Waals surface area contributed by atoms with Gasteiger partial charge in [-0.25, -0.2) is 4.39 Å². The largest absolute Gasteiger partial charge is 0.507 e. The van der Waals surface area contributed by atoms with Crippen molar-refractivity contribution >= 4 is 34.7 Å². The van der Waals surface area contributed by atoms with Crippen LogP contribution in [0.2, 0.25) is 5.02 Å². The predicted molar refractivity (Wildman–Crippen MR) is 132 cm³/mol. The molecule has 2 aliphatic rings. The van der Waals surface area contributed by atoms with Gasteiger partial charge in [0.05, 0.1) is 23.7 Å². The lowest BCUT2D eigenvalue weighted by Crippen LogP contribution is -2.29. The average molecular weight is 492 g/mol. The van der Waals surface area contributed by atoms with Crippen LogP contribution >= 0.6 is 11.6 Å². The van der Waals surface area contributed by atoms with Gasteiger partial charge in [-0.05, 0) is 67.1 Å². The van der Waals surface area contributed by atoms with Crippen LogP contribution in [-0.2, 0) is 22.4 Å². The summed E-state index contributed by atoms with van der Waals surface area (Å²) in [5.41, 5.74) is 2.97. The van der Waals surface area contributed by atoms with Gasteiger partial charge in [-0.1, -0.05) is 41.9 Å². The van der Waals surface area contributed by atoms with Gasteiger partial charge in [-0.2, -0.15) is 0 Å². The summed E-state index contributed by atoms with van der Waals surface area (Å²) in [6.45, 7) is 0. The van der Waals surface area contributed by atoms with E-state index in [0.29, 0.717) is 11.3 Å². The van der Waals surface area contributed by atoms with Crippen LogP contribution < -0.4 is 9.64 Å². The monoisotopic (exact) mass is 491 g/mol. The van der Waals surface area contributed by atoms with E-state index in [0.717, 1.165) is 31.2 Å². The number of ketones is 1. The highest BCUT2D eigenvalue weighted by Gasteiger charge is 2.48. The predicted octanol–water partition coefficient (Wildman–Crippen LogP) is 5.99. The van der Waals surface area contributed by atoms with Gasteiger partial charge < -0.3 is 9.84 Å². The molecule has 1 unspecified atom stereocenters. The average Bonchev–Trinajstić information content (AvgIpc) is 3.13. The number of methoxy groups -OCH3 is 1. The molecule has 178 valence electrons. The number of hydrogen-bond donors (Lipinski definition) is 1. The number of nitrogens with zero attached hydrogens (tertiary/aromatic N) is 1. The van der Waals surface area contributed by atoms with Crippen molar-refractivity contribution in [1.29, 1.82) is 0 Å². The zero-order chi connectivity index (χ0) is 24.7. The number of carbonyl (C=O) groups is 2. The van der Waals surface area contributed by atoms with E-state index in [-0.39, 0.29) is 27.6 Å². The molecule has 0 bridgehead atoms. The molecule has 0 radical (unpaired) electrons. The van der Waals surface area contributed by atoms with Gasteiger partial charge in [-0.3, -0.25) is 14.5 Å². The molecule has 3 aromatic carbocycles. The van der Waals surface area contributed by atoms with E-state index in [1.165, 1.54) is 41.8 Å². The van der Waals surface area contributed by atoms with Crippen LogP contribution in [0.1, 0.15) is 41.1 Å². The maximum absolute atomic E-state index is 15.0. The molecule has 0 aromatic heterocycles. The van der Waals surface area contributed by atoms with E-state index in [2.05, 4.69) is 0 Å². The first-order valence-electron chi connectivity index (χ1n) is 11.4. The highest BCUT2D eigenvalue weighted by Crippen LogP contribution is 2.44. The summed E-state index contributed by atoms with van der Waals surface area (Å²) < 4.78 is 20.2. The summed E-state index contributed by atoms with van der Waals surface area (Å²) in [5, 5.41) is 11.6. The Kier molecular flexibility index (Phi) is 6.07. The molecule has 1 amide bonds. The summed E-state index contributed by atoms with van der Waals surface area (Å²) in [5.74, 6) is -2.30. The van der Waals surface area contributed by atoms with Crippen molar-refractivity contribution in [3.8, 4) is 5.75 Å². The van der Waals surface area contributed by atoms with E-state index in [1.54, 1.807) is 24.3 Å². The Morgan fingerprint density at radius 3 is 2.49 bits per heavy atom. The molecule has 5 rings (SSSR count). The number of aliphatic hydroxyl groups is 1. The number of benzene rings is 3. The topological polar surface area (TPSA) is 66.8 Å². The fourth-order valence-electron chi connectivity index (χ4n) is 4.93. The number of hydrogen-bond acceptors (Lipinski definition) is 4. The fourth-order valence-corrected chi connectivity index (χ4v) is 5.18. The standard InChI is InChI=1S/C28H23ClFNO4/c1-35-23-13-12-19(15-21(23)29)31-25(20-8-4-5-9-22(20)30)24(27(33)28(31)34)26(32)18-11-10-16-6-2-3-7-17(16)14-18/h4-5,8-15,25,32H,2-3,6-7H2,1H3/b26-24+. The number of amides is 1. The minimum atomic E-state index is -1.17. The second-order valence-corrected chi connectivity index (χ2v) is 9.11. The van der Waals surface area contributed by atoms with Crippen molar-refractivity contribution < 1.29 is 23.8 Å². The Bertz CT molecular complexity index is 1380. The summed E-state index contributed by atoms with van der Waals surface area (Å²) in [7, 11) is 1.46. The van der Waals surface area contributed by atoms with E-state index in [4.69, 9.17) is 16.3 Å². The van der Waals surface area contributed by atoms with Gasteiger partial charge in [-0.15, -0.1) is 0 Å². The third-order valence-corrected chi connectivity index (χ3v) is 6.98. The minimum Gasteiger partial charge on any atom is -0.507 e. The SMILES string of the molecule is COc1ccc(N2C(=O)C(=O)/C(=C(/O)c3ccc4c(c3)CCCC4)C2c2ccccc2F)cc1Cl. The third kappa shape index (κ3) is 3.98. The number of halogens is 2. The van der Waals surface area contributed by atoms with Gasteiger partial charge in [0, 0.05) is 16.8 Å². The number of aliphatic hydroxyl groups excluding tert-OH is 1. The number of aryl methyl sites for hydroxylation is 2. The van der Waals surface area contributed by atoms with Crippen LogP contribution in [-0.4, -0.2) is 23.9 Å². The lowest BCUT2D eigenvalue weighted by molar-refractivity contribution is -0.132. The molecule has 1 aliphatic carbocycles. The number of rotatable bonds is 4. The number of fused-ring (bicyclic) bond motifs is 1. The summed E-state index contributed by atoms with van der Waals surface area (Å²) in [6.07, 6.45) is 4.01. The van der Waals surface area contributed by atoms with Crippen LogP contribution in [0, 0.1) is 5.82 Å². The van der Waals surface area contributed by atoms with Crippen LogP contribution in [0.25, 0.3) is 5.76 Å². The van der Waals surface area contributed by atoms with Gasteiger partial charge >= 0.3 is 0 Å². The minimum absolute atomic E-state index is 0.0955. The highest BCUT2D eigenvalue weighted by atomic mass is 35.5. The first-order valence-corrected chi connectivity index (χ1v) is 11.8. The molecule has 1 fully saturated rings. The maximum Gasteiger partial charge on any atom is 0.300 e.